The van der Waals surface area contributed by atoms with Crippen molar-refractivity contribution in [3.05, 3.63) is 76.7 Å². The Kier molecular flexibility index (Phi) is 5.63. The number of likely N-dealkylation sites (tertiary alicyclic amines) is 1. The summed E-state index contributed by atoms with van der Waals surface area (Å²) in [5.74, 6) is 1.59. The van der Waals surface area contributed by atoms with Gasteiger partial charge in [0.15, 0.2) is 0 Å². The number of thiophene rings is 1. The summed E-state index contributed by atoms with van der Waals surface area (Å²) in [6, 6.07) is 20.4. The van der Waals surface area contributed by atoms with Crippen molar-refractivity contribution >= 4 is 29.7 Å². The lowest BCUT2D eigenvalue weighted by Crippen LogP contribution is -2.29. The highest BCUT2D eigenvalue weighted by Gasteiger charge is 2.36. The van der Waals surface area contributed by atoms with E-state index in [2.05, 4.69) is 30.3 Å². The van der Waals surface area contributed by atoms with Crippen LogP contribution in [0, 0.1) is 5.92 Å². The summed E-state index contributed by atoms with van der Waals surface area (Å²) in [4.78, 5) is 17.2. The number of amides is 1. The first-order valence-electron chi connectivity index (χ1n) is 9.64. The first-order chi connectivity index (χ1) is 13.7. The highest BCUT2D eigenvalue weighted by Crippen LogP contribution is 2.43. The quantitative estimate of drug-likeness (QED) is 0.668. The number of hydrogen-bond donors (Lipinski definition) is 1. The molecule has 1 amide bonds. The van der Waals surface area contributed by atoms with E-state index in [1.807, 2.05) is 35.2 Å². The fraction of sp³-hybridized carbons (Fsp3) is 0.261. The minimum atomic E-state index is 0. The van der Waals surface area contributed by atoms with Gasteiger partial charge < -0.3 is 15.4 Å². The number of nitrogens with two attached hydrogens (primary N) is 1. The van der Waals surface area contributed by atoms with E-state index in [4.69, 9.17) is 10.5 Å². The van der Waals surface area contributed by atoms with Gasteiger partial charge in [-0.05, 0) is 36.2 Å². The van der Waals surface area contributed by atoms with Crippen LogP contribution in [0.2, 0.25) is 0 Å². The Labute approximate surface area is 180 Å². The van der Waals surface area contributed by atoms with Crippen molar-refractivity contribution in [3.63, 3.8) is 0 Å². The van der Waals surface area contributed by atoms with Crippen LogP contribution in [-0.2, 0) is 6.61 Å². The molecule has 4 nitrogen and oxygen atoms in total. The van der Waals surface area contributed by atoms with Crippen LogP contribution in [0.5, 0.6) is 5.75 Å². The molecule has 2 atom stereocenters. The zero-order valence-corrected chi connectivity index (χ0v) is 17.5. The van der Waals surface area contributed by atoms with E-state index in [1.165, 1.54) is 5.56 Å². The summed E-state index contributed by atoms with van der Waals surface area (Å²) < 4.78 is 5.84. The molecule has 0 spiro atoms. The van der Waals surface area contributed by atoms with Gasteiger partial charge in [-0.1, -0.05) is 42.5 Å². The van der Waals surface area contributed by atoms with Crippen LogP contribution in [0.25, 0.3) is 10.4 Å². The number of halogens is 1. The van der Waals surface area contributed by atoms with Gasteiger partial charge in [-0.3, -0.25) is 4.79 Å². The minimum absolute atomic E-state index is 0. The zero-order chi connectivity index (χ0) is 19.1. The fourth-order valence-corrected chi connectivity index (χ4v) is 5.48. The predicted molar refractivity (Wildman–Crippen MR) is 119 cm³/mol. The molecule has 2 aromatic carbocycles. The third-order valence-electron chi connectivity index (χ3n) is 5.79. The molecule has 0 saturated carbocycles. The molecule has 5 rings (SSSR count). The number of hydrogen-bond acceptors (Lipinski definition) is 4. The Hall–Kier alpha value is -2.34. The summed E-state index contributed by atoms with van der Waals surface area (Å²) in [5, 5.41) is 0. The van der Waals surface area contributed by atoms with Crippen molar-refractivity contribution in [2.75, 3.05) is 19.6 Å². The molecule has 0 unspecified atom stereocenters. The number of rotatable bonds is 3. The highest BCUT2D eigenvalue weighted by atomic mass is 35.5. The number of benzene rings is 2. The van der Waals surface area contributed by atoms with Gasteiger partial charge in [-0.25, -0.2) is 0 Å². The Morgan fingerprint density at radius 3 is 2.66 bits per heavy atom. The van der Waals surface area contributed by atoms with Crippen molar-refractivity contribution in [1.82, 2.24) is 4.90 Å². The van der Waals surface area contributed by atoms with Crippen LogP contribution >= 0.6 is 23.7 Å². The number of ether oxygens (including phenoxy) is 1. The van der Waals surface area contributed by atoms with Crippen molar-refractivity contribution < 1.29 is 9.53 Å². The summed E-state index contributed by atoms with van der Waals surface area (Å²) in [6.07, 6.45) is 0. The number of fused-ring (bicyclic) bond motifs is 3. The van der Waals surface area contributed by atoms with E-state index < -0.39 is 0 Å². The maximum Gasteiger partial charge on any atom is 0.263 e. The van der Waals surface area contributed by atoms with Crippen LogP contribution in [0.15, 0.2) is 60.7 Å². The molecule has 2 N–H and O–H groups in total. The van der Waals surface area contributed by atoms with Gasteiger partial charge in [0, 0.05) is 35.0 Å². The fourth-order valence-electron chi connectivity index (χ4n) is 4.31. The summed E-state index contributed by atoms with van der Waals surface area (Å²) in [7, 11) is 0. The SMILES string of the molecule is Cl.NC[C@@H]1CN(C(=O)c2cc3c(s2)-c2ccccc2OC3)C[C@H]1c1ccccc1. The molecule has 0 bridgehead atoms. The van der Waals surface area contributed by atoms with Gasteiger partial charge in [-0.15, -0.1) is 23.7 Å². The lowest BCUT2D eigenvalue weighted by atomic mass is 9.89. The van der Waals surface area contributed by atoms with E-state index in [1.54, 1.807) is 11.3 Å². The molecular formula is C23H23ClN2O2S. The van der Waals surface area contributed by atoms with Gasteiger partial charge in [0.05, 0.1) is 4.88 Å². The molecule has 1 fully saturated rings. The average molecular weight is 427 g/mol. The van der Waals surface area contributed by atoms with Gasteiger partial charge in [-0.2, -0.15) is 0 Å². The van der Waals surface area contributed by atoms with E-state index in [0.29, 0.717) is 31.5 Å². The van der Waals surface area contributed by atoms with Gasteiger partial charge in [0.2, 0.25) is 0 Å². The van der Waals surface area contributed by atoms with Crippen LogP contribution in [-0.4, -0.2) is 30.4 Å². The standard InChI is InChI=1S/C23H22N2O2S.ClH/c24-11-17-12-25(13-19(17)15-6-2-1-3-7-15)23(26)21-10-16-14-27-20-9-5-4-8-18(20)22(16)28-21;/h1-10,17,19H,11-14,24H2;1H/t17-,19+;/m1./s1. The molecule has 0 radical (unpaired) electrons. The normalized spacial score (nSPS) is 19.7. The first kappa shape index (κ1) is 20.0. The molecular weight excluding hydrogens is 404 g/mol. The second-order valence-corrected chi connectivity index (χ2v) is 8.53. The molecule has 6 heteroatoms. The number of nitrogens with zero attached hydrogens (tertiary/aromatic N) is 1. The zero-order valence-electron chi connectivity index (χ0n) is 15.9. The van der Waals surface area contributed by atoms with Crippen LogP contribution < -0.4 is 10.5 Å². The third-order valence-corrected chi connectivity index (χ3v) is 6.99. The van der Waals surface area contributed by atoms with Crippen LogP contribution in [0.3, 0.4) is 0 Å². The van der Waals surface area contributed by atoms with Crippen LogP contribution in [0.4, 0.5) is 0 Å². The van der Waals surface area contributed by atoms with Gasteiger partial charge in [0.1, 0.15) is 12.4 Å². The highest BCUT2D eigenvalue weighted by molar-refractivity contribution is 7.17. The molecule has 1 aromatic heterocycles. The number of carbonyl (C=O) groups excluding carboxylic acids is 1. The van der Waals surface area contributed by atoms with Crippen molar-refractivity contribution in [2.24, 2.45) is 11.7 Å². The molecule has 29 heavy (non-hydrogen) atoms. The molecule has 2 aliphatic heterocycles. The van der Waals surface area contributed by atoms with Crippen molar-refractivity contribution in [3.8, 4) is 16.2 Å². The lowest BCUT2D eigenvalue weighted by Gasteiger charge is -2.16. The van der Waals surface area contributed by atoms with E-state index >= 15 is 0 Å². The summed E-state index contributed by atoms with van der Waals surface area (Å²) in [6.45, 7) is 2.55. The molecule has 3 aromatic rings. The third kappa shape index (κ3) is 3.54. The summed E-state index contributed by atoms with van der Waals surface area (Å²) in [5.41, 5.74) is 9.49. The lowest BCUT2D eigenvalue weighted by molar-refractivity contribution is 0.0791. The average Bonchev–Trinajstić information content (AvgIpc) is 3.38. The Bertz CT molecular complexity index is 1020. The minimum Gasteiger partial charge on any atom is -0.488 e. The monoisotopic (exact) mass is 426 g/mol. The molecule has 1 saturated heterocycles. The van der Waals surface area contributed by atoms with E-state index in [9.17, 15) is 4.79 Å². The molecule has 2 aliphatic rings. The maximum absolute atomic E-state index is 13.3. The number of carbonyl (C=O) groups is 1. The molecule has 0 aliphatic carbocycles. The Balaban J connectivity index is 0.00000205. The first-order valence-corrected chi connectivity index (χ1v) is 10.5. The second-order valence-electron chi connectivity index (χ2n) is 7.47. The summed E-state index contributed by atoms with van der Waals surface area (Å²) >= 11 is 1.58. The predicted octanol–water partition coefficient (Wildman–Crippen LogP) is 4.54. The Morgan fingerprint density at radius 2 is 1.86 bits per heavy atom. The smallest absolute Gasteiger partial charge is 0.263 e. The van der Waals surface area contributed by atoms with Gasteiger partial charge in [0.25, 0.3) is 5.91 Å². The number of para-hydroxylation sites is 1. The topological polar surface area (TPSA) is 55.6 Å². The molecule has 150 valence electrons. The maximum atomic E-state index is 13.3. The Morgan fingerprint density at radius 1 is 1.10 bits per heavy atom. The van der Waals surface area contributed by atoms with Gasteiger partial charge >= 0.3 is 0 Å². The molecule has 3 heterocycles. The van der Waals surface area contributed by atoms with Crippen molar-refractivity contribution in [2.45, 2.75) is 12.5 Å². The van der Waals surface area contributed by atoms with Crippen LogP contribution in [0.1, 0.15) is 26.7 Å². The largest absolute Gasteiger partial charge is 0.488 e. The van der Waals surface area contributed by atoms with Crippen molar-refractivity contribution in [1.29, 1.82) is 0 Å². The van der Waals surface area contributed by atoms with E-state index in [-0.39, 0.29) is 18.3 Å². The second kappa shape index (κ2) is 8.19. The van der Waals surface area contributed by atoms with E-state index in [0.717, 1.165) is 33.2 Å².